The van der Waals surface area contributed by atoms with Crippen LogP contribution in [-0.2, 0) is 5.41 Å². The monoisotopic (exact) mass is 651 g/mol. The van der Waals surface area contributed by atoms with Crippen LogP contribution >= 0.6 is 0 Å². The molecule has 0 amide bonds. The average molecular weight is 652 g/mol. The molecule has 0 fully saturated rings. The van der Waals surface area contributed by atoms with E-state index in [2.05, 4.69) is 159 Å². The molecule has 0 saturated carbocycles. The van der Waals surface area contributed by atoms with Gasteiger partial charge in [0, 0.05) is 22.1 Å². The Balaban J connectivity index is 1.14. The van der Waals surface area contributed by atoms with E-state index in [9.17, 15) is 0 Å². The van der Waals surface area contributed by atoms with Crippen LogP contribution in [0.3, 0.4) is 0 Å². The molecule has 9 aromatic rings. The maximum absolute atomic E-state index is 5.14. The van der Waals surface area contributed by atoms with Crippen LogP contribution in [0.15, 0.2) is 164 Å². The third-order valence-corrected chi connectivity index (χ3v) is 10.7. The molecule has 10 rings (SSSR count). The Morgan fingerprint density at radius 3 is 1.71 bits per heavy atom. The largest absolute Gasteiger partial charge is 0.208 e. The zero-order valence-corrected chi connectivity index (χ0v) is 28.4. The summed E-state index contributed by atoms with van der Waals surface area (Å²) in [5.74, 6) is 1.98. The second kappa shape index (κ2) is 11.3. The van der Waals surface area contributed by atoms with E-state index in [0.29, 0.717) is 17.5 Å². The number of aromatic nitrogens is 3. The molecule has 51 heavy (non-hydrogen) atoms. The third-order valence-electron chi connectivity index (χ3n) is 10.7. The summed E-state index contributed by atoms with van der Waals surface area (Å²) >= 11 is 0. The van der Waals surface area contributed by atoms with Gasteiger partial charge in [-0.25, -0.2) is 15.0 Å². The lowest BCUT2D eigenvalue weighted by atomic mass is 9.82. The van der Waals surface area contributed by atoms with Crippen LogP contribution < -0.4 is 0 Å². The van der Waals surface area contributed by atoms with Crippen LogP contribution in [0.4, 0.5) is 0 Å². The average Bonchev–Trinajstić information content (AvgIpc) is 3.42. The number of nitrogens with zero attached hydrogens (tertiary/aromatic N) is 3. The molecular formula is C48H33N3. The molecule has 0 N–H and O–H groups in total. The number of rotatable bonds is 4. The van der Waals surface area contributed by atoms with E-state index < -0.39 is 0 Å². The Kier molecular flexibility index (Phi) is 6.53. The first-order valence-corrected chi connectivity index (χ1v) is 17.5. The van der Waals surface area contributed by atoms with E-state index in [0.717, 1.165) is 22.3 Å². The molecular weight excluding hydrogens is 619 g/mol. The number of hydrogen-bond donors (Lipinski definition) is 0. The van der Waals surface area contributed by atoms with Gasteiger partial charge >= 0.3 is 0 Å². The lowest BCUT2D eigenvalue weighted by Crippen LogP contribution is -2.14. The normalized spacial score (nSPS) is 13.1. The summed E-state index contributed by atoms with van der Waals surface area (Å²) in [6, 6.07) is 58.5. The highest BCUT2D eigenvalue weighted by Crippen LogP contribution is 2.49. The van der Waals surface area contributed by atoms with Crippen LogP contribution in [0.1, 0.15) is 25.0 Å². The van der Waals surface area contributed by atoms with Crippen molar-refractivity contribution in [3.05, 3.63) is 175 Å². The molecule has 1 aliphatic carbocycles. The maximum Gasteiger partial charge on any atom is 0.164 e. The predicted octanol–water partition coefficient (Wildman–Crippen LogP) is 12.3. The Morgan fingerprint density at radius 2 is 0.922 bits per heavy atom. The molecule has 0 aliphatic heterocycles. The van der Waals surface area contributed by atoms with E-state index in [1.807, 2.05) is 18.2 Å². The second-order valence-electron chi connectivity index (χ2n) is 14.0. The Labute approximate surface area is 297 Å². The lowest BCUT2D eigenvalue weighted by molar-refractivity contribution is 0.660. The van der Waals surface area contributed by atoms with Gasteiger partial charge in [-0.3, -0.25) is 0 Å². The molecule has 1 aliphatic rings. The van der Waals surface area contributed by atoms with Gasteiger partial charge in [0.15, 0.2) is 17.5 Å². The molecule has 0 unspecified atom stereocenters. The molecule has 0 atom stereocenters. The summed E-state index contributed by atoms with van der Waals surface area (Å²) in [6.45, 7) is 4.61. The first-order chi connectivity index (χ1) is 25.0. The highest BCUT2D eigenvalue weighted by atomic mass is 15.0. The first kappa shape index (κ1) is 29.5. The highest BCUT2D eigenvalue weighted by Gasteiger charge is 2.35. The van der Waals surface area contributed by atoms with E-state index in [4.69, 9.17) is 15.0 Å². The Hall–Kier alpha value is -6.45. The van der Waals surface area contributed by atoms with Crippen LogP contribution in [0.2, 0.25) is 0 Å². The fourth-order valence-electron chi connectivity index (χ4n) is 8.14. The molecule has 8 aromatic carbocycles. The molecule has 3 nitrogen and oxygen atoms in total. The quantitative estimate of drug-likeness (QED) is 0.140. The number of hydrogen-bond acceptors (Lipinski definition) is 3. The minimum Gasteiger partial charge on any atom is -0.208 e. The van der Waals surface area contributed by atoms with Crippen molar-refractivity contribution in [1.29, 1.82) is 0 Å². The fraction of sp³-hybridized carbons (Fsp3) is 0.0625. The molecule has 3 heteroatoms. The molecule has 1 aromatic heterocycles. The number of benzene rings is 8. The van der Waals surface area contributed by atoms with Gasteiger partial charge < -0.3 is 0 Å². The molecule has 0 bridgehead atoms. The molecule has 1 heterocycles. The standard InChI is InChI=1S/C48H33N3/c1-48(2)41-19-11-10-18-39(41)40-29-36(26-27-42(40)48)47-50-45(32-13-4-3-5-14-32)49-46(51-47)33-23-21-31(22-24-33)43-38-17-9-7-15-34(38)28-35-25-20-30-12-6-8-16-37(30)44(35)43/h3-29H,1-2H3. The van der Waals surface area contributed by atoms with Gasteiger partial charge in [-0.2, -0.15) is 0 Å². The second-order valence-corrected chi connectivity index (χ2v) is 14.0. The zero-order valence-electron chi connectivity index (χ0n) is 28.4. The van der Waals surface area contributed by atoms with Gasteiger partial charge in [-0.15, -0.1) is 0 Å². The van der Waals surface area contributed by atoms with E-state index in [1.165, 1.54) is 60.1 Å². The minimum atomic E-state index is -0.0621. The van der Waals surface area contributed by atoms with Crippen LogP contribution in [-0.4, -0.2) is 15.0 Å². The van der Waals surface area contributed by atoms with E-state index in [1.54, 1.807) is 0 Å². The van der Waals surface area contributed by atoms with Crippen molar-refractivity contribution < 1.29 is 0 Å². The van der Waals surface area contributed by atoms with Crippen LogP contribution in [0.25, 0.3) is 88.7 Å². The van der Waals surface area contributed by atoms with Crippen molar-refractivity contribution in [2.75, 3.05) is 0 Å². The van der Waals surface area contributed by atoms with Crippen LogP contribution in [0.5, 0.6) is 0 Å². The van der Waals surface area contributed by atoms with Crippen molar-refractivity contribution in [3.63, 3.8) is 0 Å². The summed E-state index contributed by atoms with van der Waals surface area (Å²) in [5, 5.41) is 7.48. The molecule has 240 valence electrons. The van der Waals surface area contributed by atoms with Gasteiger partial charge in [-0.1, -0.05) is 166 Å². The minimum absolute atomic E-state index is 0.0621. The fourth-order valence-corrected chi connectivity index (χ4v) is 8.14. The van der Waals surface area contributed by atoms with Crippen molar-refractivity contribution in [2.45, 2.75) is 19.3 Å². The third kappa shape index (κ3) is 4.69. The summed E-state index contributed by atoms with van der Waals surface area (Å²) in [5.41, 5.74) is 10.4. The van der Waals surface area contributed by atoms with Crippen molar-refractivity contribution in [2.24, 2.45) is 0 Å². The Morgan fingerprint density at radius 1 is 0.373 bits per heavy atom. The highest BCUT2D eigenvalue weighted by molar-refractivity contribution is 6.21. The summed E-state index contributed by atoms with van der Waals surface area (Å²) in [7, 11) is 0. The Bertz CT molecular complexity index is 2820. The predicted molar refractivity (Wildman–Crippen MR) is 212 cm³/mol. The van der Waals surface area contributed by atoms with Crippen molar-refractivity contribution in [3.8, 4) is 56.4 Å². The maximum atomic E-state index is 5.14. The van der Waals surface area contributed by atoms with Crippen LogP contribution in [0, 0.1) is 0 Å². The van der Waals surface area contributed by atoms with Gasteiger partial charge in [0.2, 0.25) is 0 Å². The number of fused-ring (bicyclic) bond motifs is 7. The van der Waals surface area contributed by atoms with E-state index >= 15 is 0 Å². The smallest absolute Gasteiger partial charge is 0.164 e. The van der Waals surface area contributed by atoms with Gasteiger partial charge in [0.25, 0.3) is 0 Å². The first-order valence-electron chi connectivity index (χ1n) is 17.5. The summed E-state index contributed by atoms with van der Waals surface area (Å²) in [4.78, 5) is 15.2. The van der Waals surface area contributed by atoms with Gasteiger partial charge in [0.1, 0.15) is 0 Å². The SMILES string of the molecule is CC1(C)c2ccccc2-c2cc(-c3nc(-c4ccccc4)nc(-c4ccc(-c5c6ccccc6cc6ccc7ccccc7c56)cc4)n3)ccc21. The molecule has 0 spiro atoms. The van der Waals surface area contributed by atoms with Crippen molar-refractivity contribution in [1.82, 2.24) is 15.0 Å². The summed E-state index contributed by atoms with van der Waals surface area (Å²) in [6.07, 6.45) is 0. The van der Waals surface area contributed by atoms with E-state index in [-0.39, 0.29) is 5.41 Å². The molecule has 0 radical (unpaired) electrons. The zero-order chi connectivity index (χ0) is 34.1. The summed E-state index contributed by atoms with van der Waals surface area (Å²) < 4.78 is 0. The lowest BCUT2D eigenvalue weighted by Gasteiger charge is -2.21. The topological polar surface area (TPSA) is 38.7 Å². The van der Waals surface area contributed by atoms with Crippen molar-refractivity contribution >= 4 is 32.3 Å². The van der Waals surface area contributed by atoms with Gasteiger partial charge in [0.05, 0.1) is 0 Å². The molecule has 0 saturated heterocycles. The van der Waals surface area contributed by atoms with Gasteiger partial charge in [-0.05, 0) is 77.8 Å².